The van der Waals surface area contributed by atoms with E-state index in [9.17, 15) is 0 Å². The second-order valence-corrected chi connectivity index (χ2v) is 36.8. The molecule has 0 aromatic rings. The van der Waals surface area contributed by atoms with Crippen LogP contribution in [0.4, 0.5) is 0 Å². The highest BCUT2D eigenvalue weighted by Gasteiger charge is 2.97. The molecule has 0 radical (unpaired) electrons. The Morgan fingerprint density at radius 2 is 1.14 bits per heavy atom. The normalized spacial score (nSPS) is 66.3. The lowest BCUT2D eigenvalue weighted by Crippen LogP contribution is -2.94. The molecule has 64 heavy (non-hydrogen) atoms. The van der Waals surface area contributed by atoms with E-state index in [4.69, 9.17) is 0 Å². The molecule has 0 amide bonds. The maximum atomic E-state index is 2.90. The monoisotopic (exact) mass is 1100 g/mol. The summed E-state index contributed by atoms with van der Waals surface area (Å²) in [5, 5.41) is 0. The molecule has 9 unspecified atom stereocenters. The van der Waals surface area contributed by atoms with Crippen molar-refractivity contribution < 1.29 is 0 Å². The highest BCUT2D eigenvalue weighted by atomic mass is 127. The molecule has 26 aliphatic carbocycles. The summed E-state index contributed by atoms with van der Waals surface area (Å²) in [5.41, 5.74) is 9.68. The van der Waals surface area contributed by atoms with Crippen molar-refractivity contribution in [1.29, 1.82) is 0 Å². The van der Waals surface area contributed by atoms with Crippen molar-refractivity contribution in [2.24, 2.45) is 105 Å². The lowest BCUT2D eigenvalue weighted by molar-refractivity contribution is -0.521. The summed E-state index contributed by atoms with van der Waals surface area (Å²) in [7, 11) is 0. The summed E-state index contributed by atoms with van der Waals surface area (Å²) < 4.78 is 1.31. The average molecular weight is 1100 g/mol. The van der Waals surface area contributed by atoms with E-state index in [1.807, 2.05) is 0 Å². The summed E-state index contributed by atoms with van der Waals surface area (Å²) in [6.45, 7) is 32.3. The van der Waals surface area contributed by atoms with E-state index in [1.165, 1.54) is 96.3 Å². The van der Waals surface area contributed by atoms with Gasteiger partial charge in [0.15, 0.2) is 0 Å². The van der Waals surface area contributed by atoms with E-state index in [1.54, 1.807) is 89.9 Å². The third-order valence-electron chi connectivity index (χ3n) is 28.4. The minimum absolute atomic E-state index is 0.468. The highest BCUT2D eigenvalue weighted by molar-refractivity contribution is 14.1. The van der Waals surface area contributed by atoms with Crippen LogP contribution in [0, 0.1) is 105 Å². The van der Waals surface area contributed by atoms with Crippen molar-refractivity contribution in [1.82, 2.24) is 0 Å². The van der Waals surface area contributed by atoms with Gasteiger partial charge >= 0.3 is 0 Å². The average Bonchev–Trinajstić information content (AvgIpc) is 3.11. The van der Waals surface area contributed by atoms with Gasteiger partial charge in [-0.2, -0.15) is 0 Å². The van der Waals surface area contributed by atoms with Crippen molar-refractivity contribution in [2.75, 3.05) is 0 Å². The quantitative estimate of drug-likeness (QED) is 0.191. The predicted molar refractivity (Wildman–Crippen MR) is 288 cm³/mol. The van der Waals surface area contributed by atoms with Crippen LogP contribution < -0.4 is 0 Å². The maximum Gasteiger partial charge on any atom is 0.0194 e. The fraction of sp³-hybridized carbons (Fsp3) is 1.00. The van der Waals surface area contributed by atoms with Crippen molar-refractivity contribution in [3.8, 4) is 0 Å². The minimum atomic E-state index is 0.468. The van der Waals surface area contributed by atoms with Crippen LogP contribution in [-0.4, -0.2) is 7.35 Å². The number of hydrogen-bond acceptors (Lipinski definition) is 0. The molecule has 0 heterocycles. The standard InChI is InChI=1S/C62H100I2/c1-13-53(12)59-34-54(14-2,35-59)23-17-22-51(10,64)21-15-18-43(4)46(63)19-16-20-48(7)26-49(8,27-48)24-42(3)25-50(9)28-57(45(50)6)32-55(33-57)30-56(31-55)36-61(37-56)29-52(11)44(5)47-58(40-62(47,52)61)38-60(53,39-58)41-59/h42-47H,13-41H2,1-12H3/t42?,43?,44-,45?,46?,47?,48?,49?,50?,51?,52?,53+,54?,55?,56?,57?,58-,59?,60?,61-,62?/m0/s1. The van der Waals surface area contributed by atoms with Gasteiger partial charge in [-0.3, -0.25) is 0 Å². The second-order valence-electron chi connectivity index (χ2n) is 32.6. The molecule has 26 rings (SSSR count). The highest BCUT2D eigenvalue weighted by Crippen LogP contribution is 3.04. The molecule has 2 heteroatoms. The first-order chi connectivity index (χ1) is 29.7. The van der Waals surface area contributed by atoms with E-state index in [0.717, 1.165) is 66.0 Å². The van der Waals surface area contributed by atoms with Gasteiger partial charge in [0.2, 0.25) is 0 Å². The van der Waals surface area contributed by atoms with Crippen LogP contribution in [0.25, 0.3) is 0 Å². The van der Waals surface area contributed by atoms with Crippen molar-refractivity contribution >= 4 is 45.2 Å². The van der Waals surface area contributed by atoms with Crippen molar-refractivity contribution in [3.05, 3.63) is 0 Å². The smallest absolute Gasteiger partial charge is 0.0194 e. The summed E-state index contributed by atoms with van der Waals surface area (Å²) in [6, 6.07) is 0. The minimum Gasteiger partial charge on any atom is -0.0823 e. The molecule has 0 N–H and O–H groups in total. The Kier molecular flexibility index (Phi) is 9.84. The molecule has 0 aliphatic heterocycles. The zero-order valence-electron chi connectivity index (χ0n) is 44.2. The molecule has 0 nitrogen and oxygen atoms in total. The Balaban J connectivity index is 0.722. The van der Waals surface area contributed by atoms with Crippen LogP contribution in [0.3, 0.4) is 0 Å². The lowest BCUT2D eigenvalue weighted by atomic mass is 9.04. The molecular formula is C62H100I2. The van der Waals surface area contributed by atoms with Crippen LogP contribution in [0.15, 0.2) is 0 Å². The third kappa shape index (κ3) is 5.64. The molecule has 362 valence electrons. The predicted octanol–water partition coefficient (Wildman–Crippen LogP) is 19.6. The van der Waals surface area contributed by atoms with Crippen LogP contribution in [0.2, 0.25) is 0 Å². The zero-order valence-corrected chi connectivity index (χ0v) is 48.5. The third-order valence-corrected chi connectivity index (χ3v) is 31.3. The van der Waals surface area contributed by atoms with Crippen LogP contribution >= 0.6 is 45.2 Å². The van der Waals surface area contributed by atoms with Crippen molar-refractivity contribution in [2.45, 2.75) is 277 Å². The molecular weight excluding hydrogens is 998 g/mol. The van der Waals surface area contributed by atoms with Gasteiger partial charge in [0.05, 0.1) is 0 Å². The summed E-state index contributed by atoms with van der Waals surface area (Å²) >= 11 is 5.76. The van der Waals surface area contributed by atoms with Gasteiger partial charge in [-0.1, -0.05) is 154 Å². The van der Waals surface area contributed by atoms with Crippen LogP contribution in [-0.2, 0) is 0 Å². The molecule has 26 fully saturated rings. The molecule has 0 aromatic carbocycles. The SMILES string of the molecule is CCC12CCCC(C)(I)CCCC(C)C(I)CCCC3(C)CC(C)(CC(C)CC4(C)CC5(CC6(CC7(C6)C[C@]6(C7)CC7(C)[C@@H](C)C8C76C[C@]86CC7(CC(C1)(C2)[C@@]7(C)CC)C6)C5)C4C)C3. The first-order valence-electron chi connectivity index (χ1n) is 29.0. The first-order valence-corrected chi connectivity index (χ1v) is 31.3. The molecule has 11 atom stereocenters. The van der Waals surface area contributed by atoms with Gasteiger partial charge in [-0.15, -0.1) is 0 Å². The molecule has 8 spiro atoms. The van der Waals surface area contributed by atoms with Crippen LogP contribution in [0.5, 0.6) is 0 Å². The lowest BCUT2D eigenvalue weighted by Gasteiger charge is -3.00. The van der Waals surface area contributed by atoms with Crippen molar-refractivity contribution in [3.63, 3.8) is 0 Å². The molecule has 0 aromatic heterocycles. The number of alkyl halides is 2. The second kappa shape index (κ2) is 13.5. The Labute approximate surface area is 423 Å². The fourth-order valence-corrected chi connectivity index (χ4v) is 28.7. The first kappa shape index (κ1) is 46.5. The van der Waals surface area contributed by atoms with Gasteiger partial charge < -0.3 is 0 Å². The van der Waals surface area contributed by atoms with Gasteiger partial charge in [-0.05, 0) is 266 Å². The summed E-state index contributed by atoms with van der Waals surface area (Å²) in [5.74, 6) is 4.77. The Hall–Kier alpha value is 1.46. The Bertz CT molecular complexity index is 1890. The van der Waals surface area contributed by atoms with E-state index in [-0.39, 0.29) is 0 Å². The molecule has 26 saturated carbocycles. The molecule has 26 aliphatic rings. The molecule has 12 bridgehead atoms. The van der Waals surface area contributed by atoms with Crippen LogP contribution in [0.1, 0.15) is 269 Å². The van der Waals surface area contributed by atoms with E-state index in [0.29, 0.717) is 46.7 Å². The topological polar surface area (TPSA) is 0 Å². The molecule has 0 saturated heterocycles. The number of hydrogen-bond donors (Lipinski definition) is 0. The van der Waals surface area contributed by atoms with E-state index < -0.39 is 0 Å². The summed E-state index contributed by atoms with van der Waals surface area (Å²) in [4.78, 5) is 0. The van der Waals surface area contributed by atoms with Gasteiger partial charge in [0, 0.05) is 7.35 Å². The maximum absolute atomic E-state index is 2.90. The van der Waals surface area contributed by atoms with Gasteiger partial charge in [0.1, 0.15) is 0 Å². The van der Waals surface area contributed by atoms with Gasteiger partial charge in [-0.25, -0.2) is 0 Å². The summed E-state index contributed by atoms with van der Waals surface area (Å²) in [6.07, 6.45) is 44.6. The fourth-order valence-electron chi connectivity index (χ4n) is 27.1. The van der Waals surface area contributed by atoms with Gasteiger partial charge in [0.25, 0.3) is 0 Å². The largest absolute Gasteiger partial charge is 0.0823 e. The van der Waals surface area contributed by atoms with E-state index in [2.05, 4.69) is 128 Å². The number of halogens is 2. The Morgan fingerprint density at radius 3 is 1.78 bits per heavy atom. The number of rotatable bonds is 2. The zero-order chi connectivity index (χ0) is 45.5. The van der Waals surface area contributed by atoms with E-state index >= 15 is 0 Å². The Morgan fingerprint density at radius 1 is 0.516 bits per heavy atom.